The Balaban J connectivity index is 2.09. The van der Waals surface area contributed by atoms with Crippen LogP contribution in [0.5, 0.6) is 0 Å². The van der Waals surface area contributed by atoms with E-state index in [1.54, 1.807) is 18.3 Å². The van der Waals surface area contributed by atoms with Gasteiger partial charge in [0.25, 0.3) is 5.91 Å². The number of halogens is 2. The van der Waals surface area contributed by atoms with Gasteiger partial charge in [0.1, 0.15) is 5.69 Å². The van der Waals surface area contributed by atoms with Gasteiger partial charge in [0.2, 0.25) is 0 Å². The van der Waals surface area contributed by atoms with E-state index in [9.17, 15) is 4.79 Å². The summed E-state index contributed by atoms with van der Waals surface area (Å²) in [6.45, 7) is 0. The Morgan fingerprint density at radius 3 is 2.95 bits per heavy atom. The summed E-state index contributed by atoms with van der Waals surface area (Å²) in [7, 11) is 0. The maximum absolute atomic E-state index is 12.0. The number of hydrogen-bond donors (Lipinski definition) is 0. The summed E-state index contributed by atoms with van der Waals surface area (Å²) in [5, 5.41) is 5.40. The predicted octanol–water partition coefficient (Wildman–Crippen LogP) is 2.86. The van der Waals surface area contributed by atoms with Crippen molar-refractivity contribution < 1.29 is 4.79 Å². The number of nitrogens with zero attached hydrogens (tertiary/aromatic N) is 4. The zero-order chi connectivity index (χ0) is 13.4. The van der Waals surface area contributed by atoms with Gasteiger partial charge in [-0.05, 0) is 12.1 Å². The van der Waals surface area contributed by atoms with Gasteiger partial charge in [0.15, 0.2) is 11.0 Å². The molecule has 19 heavy (non-hydrogen) atoms. The molecule has 0 aromatic carbocycles. The topological polar surface area (TPSA) is 60.1 Å². The van der Waals surface area contributed by atoms with Crippen molar-refractivity contribution in [2.45, 2.75) is 0 Å². The second-order valence-corrected chi connectivity index (χ2v) is 5.52. The zero-order valence-electron chi connectivity index (χ0n) is 9.38. The van der Waals surface area contributed by atoms with E-state index in [1.165, 1.54) is 22.5 Å². The van der Waals surface area contributed by atoms with E-state index in [4.69, 9.17) is 23.2 Å². The summed E-state index contributed by atoms with van der Waals surface area (Å²) >= 11 is 13.4. The monoisotopic (exact) mass is 312 g/mol. The van der Waals surface area contributed by atoms with Gasteiger partial charge < -0.3 is 0 Å². The maximum Gasteiger partial charge on any atom is 0.296 e. The Kier molecular flexibility index (Phi) is 3.30. The average Bonchev–Trinajstić information content (AvgIpc) is 3.10. The molecule has 1 saturated heterocycles. The number of rotatable bonds is 2. The molecule has 0 unspecified atom stereocenters. The molecule has 0 N–H and O–H groups in total. The number of aromatic nitrogens is 3. The van der Waals surface area contributed by atoms with Crippen LogP contribution in [0.3, 0.4) is 0 Å². The van der Waals surface area contributed by atoms with Gasteiger partial charge in [-0.3, -0.25) is 4.79 Å². The first-order valence-corrected chi connectivity index (χ1v) is 7.00. The zero-order valence-corrected chi connectivity index (χ0v) is 11.7. The van der Waals surface area contributed by atoms with E-state index in [1.807, 2.05) is 0 Å². The first-order valence-electron chi connectivity index (χ1n) is 5.26. The van der Waals surface area contributed by atoms with Gasteiger partial charge >= 0.3 is 0 Å². The van der Waals surface area contributed by atoms with Crippen molar-refractivity contribution in [3.63, 3.8) is 0 Å². The van der Waals surface area contributed by atoms with Crippen LogP contribution in [0.1, 0.15) is 10.5 Å². The SMILES string of the molecule is O=C(/N=C1/CS1)c1cc(Cl)nn1-c1ncccc1Cl. The van der Waals surface area contributed by atoms with E-state index in [-0.39, 0.29) is 10.8 Å². The molecule has 0 aliphatic carbocycles. The Bertz CT molecular complexity index is 692. The van der Waals surface area contributed by atoms with Crippen molar-refractivity contribution in [3.8, 4) is 5.82 Å². The minimum absolute atomic E-state index is 0.189. The fourth-order valence-corrected chi connectivity index (χ4v) is 2.12. The molecule has 1 aliphatic rings. The minimum Gasteiger partial charge on any atom is -0.265 e. The molecule has 2 aromatic rings. The van der Waals surface area contributed by atoms with Gasteiger partial charge in [-0.15, -0.1) is 11.8 Å². The quantitative estimate of drug-likeness (QED) is 0.800. The van der Waals surface area contributed by atoms with Crippen LogP contribution in [0.2, 0.25) is 10.2 Å². The van der Waals surface area contributed by atoms with E-state index in [0.717, 1.165) is 10.8 Å². The molecular formula is C11H6Cl2N4OS. The lowest BCUT2D eigenvalue weighted by molar-refractivity contribution is 0.0996. The van der Waals surface area contributed by atoms with Crippen molar-refractivity contribution in [1.29, 1.82) is 0 Å². The Hall–Kier alpha value is -1.37. The largest absolute Gasteiger partial charge is 0.296 e. The molecule has 5 nitrogen and oxygen atoms in total. The van der Waals surface area contributed by atoms with Gasteiger partial charge in [-0.2, -0.15) is 5.10 Å². The standard InChI is InChI=1S/C11H6Cl2N4OS/c12-6-2-1-3-14-10(6)17-7(4-8(13)16-17)11(18)15-9-5-19-9/h1-4H,5H2/b15-9-. The molecule has 8 heteroatoms. The molecule has 0 spiro atoms. The third-order valence-corrected chi connectivity index (χ3v) is 3.46. The van der Waals surface area contributed by atoms with Crippen LogP contribution in [-0.4, -0.2) is 31.5 Å². The molecule has 0 saturated carbocycles. The van der Waals surface area contributed by atoms with Crippen molar-refractivity contribution in [3.05, 3.63) is 40.3 Å². The Morgan fingerprint density at radius 2 is 2.26 bits per heavy atom. The van der Waals surface area contributed by atoms with Crippen LogP contribution >= 0.6 is 35.0 Å². The number of hydrogen-bond acceptors (Lipinski definition) is 4. The molecule has 0 bridgehead atoms. The van der Waals surface area contributed by atoms with Crippen LogP contribution < -0.4 is 0 Å². The third kappa shape index (κ3) is 2.65. The minimum atomic E-state index is -0.402. The lowest BCUT2D eigenvalue weighted by Gasteiger charge is -2.04. The number of thioether (sulfide) groups is 1. The summed E-state index contributed by atoms with van der Waals surface area (Å²) in [6, 6.07) is 4.81. The molecule has 2 aromatic heterocycles. The molecule has 1 fully saturated rings. The summed E-state index contributed by atoms with van der Waals surface area (Å²) in [5.41, 5.74) is 0.241. The number of pyridine rings is 1. The lowest BCUT2D eigenvalue weighted by atomic mass is 10.4. The molecule has 0 atom stereocenters. The average molecular weight is 313 g/mol. The molecular weight excluding hydrogens is 307 g/mol. The van der Waals surface area contributed by atoms with Crippen LogP contribution in [0.4, 0.5) is 0 Å². The van der Waals surface area contributed by atoms with Gasteiger partial charge in [-0.25, -0.2) is 14.7 Å². The molecule has 96 valence electrons. The highest BCUT2D eigenvalue weighted by Crippen LogP contribution is 2.25. The summed E-state index contributed by atoms with van der Waals surface area (Å²) < 4.78 is 1.31. The summed E-state index contributed by atoms with van der Waals surface area (Å²) in [5.74, 6) is 0.738. The highest BCUT2D eigenvalue weighted by Gasteiger charge is 2.22. The maximum atomic E-state index is 12.0. The fraction of sp³-hybridized carbons (Fsp3) is 0.0909. The predicted molar refractivity (Wildman–Crippen MR) is 75.6 cm³/mol. The number of carbonyl (C=O) groups excluding carboxylic acids is 1. The molecule has 1 amide bonds. The summed E-state index contributed by atoms with van der Waals surface area (Å²) in [4.78, 5) is 20.1. The van der Waals surface area contributed by atoms with E-state index >= 15 is 0 Å². The van der Waals surface area contributed by atoms with E-state index < -0.39 is 5.91 Å². The van der Waals surface area contributed by atoms with E-state index in [2.05, 4.69) is 15.1 Å². The number of amides is 1. The van der Waals surface area contributed by atoms with Gasteiger partial charge in [0, 0.05) is 18.0 Å². The fourth-order valence-electron chi connectivity index (χ4n) is 1.47. The van der Waals surface area contributed by atoms with Crippen molar-refractivity contribution in [1.82, 2.24) is 14.8 Å². The van der Waals surface area contributed by atoms with Crippen LogP contribution in [-0.2, 0) is 0 Å². The first-order chi connectivity index (χ1) is 9.15. The Labute approximate surface area is 122 Å². The number of aliphatic imine (C=N–C) groups is 1. The van der Waals surface area contributed by atoms with Crippen LogP contribution in [0.25, 0.3) is 5.82 Å². The molecule has 3 heterocycles. The van der Waals surface area contributed by atoms with Gasteiger partial charge in [0.05, 0.1) is 10.1 Å². The Morgan fingerprint density at radius 1 is 1.47 bits per heavy atom. The molecule has 0 radical (unpaired) electrons. The summed E-state index contributed by atoms with van der Waals surface area (Å²) in [6.07, 6.45) is 1.56. The second-order valence-electron chi connectivity index (χ2n) is 3.67. The highest BCUT2D eigenvalue weighted by molar-refractivity contribution is 8.24. The highest BCUT2D eigenvalue weighted by atomic mass is 35.5. The molecule has 3 rings (SSSR count). The van der Waals surface area contributed by atoms with Crippen LogP contribution in [0.15, 0.2) is 29.4 Å². The second kappa shape index (κ2) is 4.96. The molecule has 1 aliphatic heterocycles. The smallest absolute Gasteiger partial charge is 0.265 e. The van der Waals surface area contributed by atoms with Crippen LogP contribution in [0, 0.1) is 0 Å². The number of carbonyl (C=O) groups is 1. The van der Waals surface area contributed by atoms with Gasteiger partial charge in [-0.1, -0.05) is 23.2 Å². The van der Waals surface area contributed by atoms with Crippen molar-refractivity contribution in [2.24, 2.45) is 4.99 Å². The van der Waals surface area contributed by atoms with Crippen molar-refractivity contribution in [2.75, 3.05) is 5.75 Å². The normalized spacial score (nSPS) is 15.8. The third-order valence-electron chi connectivity index (χ3n) is 2.34. The van der Waals surface area contributed by atoms with E-state index in [0.29, 0.717) is 10.8 Å². The first kappa shape index (κ1) is 12.7. The van der Waals surface area contributed by atoms with Crippen molar-refractivity contribution >= 4 is 45.9 Å². The lowest BCUT2D eigenvalue weighted by Crippen LogP contribution is -2.09.